The molecule has 40 heavy (non-hydrogen) atoms. The highest BCUT2D eigenvalue weighted by molar-refractivity contribution is 5.95. The van der Waals surface area contributed by atoms with Crippen LogP contribution in [0.1, 0.15) is 6.42 Å². The van der Waals surface area contributed by atoms with E-state index in [1.54, 1.807) is 18.2 Å². The van der Waals surface area contributed by atoms with Crippen LogP contribution in [-0.4, -0.2) is 81.2 Å². The largest absolute Gasteiger partial charge is 0.493 e. The molecule has 0 bridgehead atoms. The topological polar surface area (TPSA) is 132 Å². The van der Waals surface area contributed by atoms with Crippen molar-refractivity contribution in [1.29, 1.82) is 0 Å². The van der Waals surface area contributed by atoms with Gasteiger partial charge in [-0.1, -0.05) is 6.07 Å². The molecule has 3 heterocycles. The van der Waals surface area contributed by atoms with E-state index in [-0.39, 0.29) is 30.8 Å². The van der Waals surface area contributed by atoms with E-state index in [0.717, 1.165) is 25.6 Å². The van der Waals surface area contributed by atoms with Crippen LogP contribution in [0.15, 0.2) is 55.1 Å². The van der Waals surface area contributed by atoms with Crippen LogP contribution < -0.4 is 15.4 Å². The van der Waals surface area contributed by atoms with Crippen LogP contribution >= 0.6 is 0 Å². The smallest absolute Gasteiger partial charge is 0.239 e. The molecule has 1 fully saturated rings. The predicted molar refractivity (Wildman–Crippen MR) is 142 cm³/mol. The predicted octanol–water partition coefficient (Wildman–Crippen LogP) is 2.52. The number of aliphatic hydroxyl groups excluding tert-OH is 1. The molecule has 1 amide bonds. The maximum atomic E-state index is 15.0. The molecule has 0 unspecified atom stereocenters. The molecule has 0 saturated carbocycles. The summed E-state index contributed by atoms with van der Waals surface area (Å²) in [6.45, 7) is 3.22. The summed E-state index contributed by atoms with van der Waals surface area (Å²) in [5.74, 6) is -1.81. The van der Waals surface area contributed by atoms with Gasteiger partial charge in [0.2, 0.25) is 5.91 Å². The zero-order valence-electron chi connectivity index (χ0n) is 21.6. The zero-order valence-corrected chi connectivity index (χ0v) is 21.6. The van der Waals surface area contributed by atoms with Gasteiger partial charge in [-0.25, -0.2) is 18.7 Å². The molecule has 0 radical (unpaired) electrons. The number of carbonyl (C=O) groups excluding carboxylic acids is 1. The van der Waals surface area contributed by atoms with Gasteiger partial charge in [0.1, 0.15) is 24.4 Å². The molecule has 2 aromatic carbocycles. The molecular weight excluding hydrogens is 524 g/mol. The van der Waals surface area contributed by atoms with Crippen molar-refractivity contribution in [3.63, 3.8) is 0 Å². The Bertz CT molecular complexity index is 1480. The molecule has 4 aromatic rings. The van der Waals surface area contributed by atoms with Gasteiger partial charge in [0.05, 0.1) is 49.0 Å². The number of rotatable bonds is 11. The average molecular weight is 554 g/mol. The number of primary amides is 1. The Morgan fingerprint density at radius 2 is 2.12 bits per heavy atom. The first kappa shape index (κ1) is 27.4. The summed E-state index contributed by atoms with van der Waals surface area (Å²) < 4.78 is 42.1. The third-order valence-corrected chi connectivity index (χ3v) is 6.48. The molecule has 1 aliphatic heterocycles. The van der Waals surface area contributed by atoms with Crippen molar-refractivity contribution in [2.24, 2.45) is 5.73 Å². The third-order valence-electron chi connectivity index (χ3n) is 6.48. The number of nitrogens with two attached hydrogens (primary N) is 1. The van der Waals surface area contributed by atoms with Crippen LogP contribution in [0.5, 0.6) is 5.75 Å². The third kappa shape index (κ3) is 6.17. The van der Waals surface area contributed by atoms with Gasteiger partial charge < -0.3 is 20.3 Å². The molecule has 210 valence electrons. The highest BCUT2D eigenvalue weighted by atomic mass is 19.2. The molecule has 1 atom stereocenters. The van der Waals surface area contributed by atoms with Crippen molar-refractivity contribution >= 4 is 34.0 Å². The van der Waals surface area contributed by atoms with Gasteiger partial charge in [-0.2, -0.15) is 5.10 Å². The quantitative estimate of drug-likeness (QED) is 0.269. The van der Waals surface area contributed by atoms with E-state index in [2.05, 4.69) is 20.0 Å². The fraction of sp³-hybridized carbons (Fsp3) is 0.333. The molecule has 1 saturated heterocycles. The molecule has 11 nitrogen and oxygen atoms in total. The number of halogens is 2. The van der Waals surface area contributed by atoms with E-state index in [4.69, 9.17) is 15.2 Å². The molecule has 13 heteroatoms. The van der Waals surface area contributed by atoms with Crippen LogP contribution in [0.4, 0.5) is 26.0 Å². The minimum atomic E-state index is -1.07. The standard InChI is InChI=1S/C27H29F2N7O4/c28-22-3-1-4-24(26(22)29)36(18-12-33-35(13-18)15-25(30)38)27-21-6-5-19(11-23(21)31-17-32-27)39-9-2-7-34-8-10-40-20(14-34)16-37/h1,3-6,11-13,17,20,37H,2,7-10,14-16H2,(H2,30,38)/t20-/m1/s1. The van der Waals surface area contributed by atoms with Crippen LogP contribution in [-0.2, 0) is 16.1 Å². The Kier molecular flexibility index (Phi) is 8.43. The maximum Gasteiger partial charge on any atom is 0.239 e. The fourth-order valence-electron chi connectivity index (χ4n) is 4.62. The number of hydrogen-bond donors (Lipinski definition) is 2. The van der Waals surface area contributed by atoms with Gasteiger partial charge >= 0.3 is 0 Å². The summed E-state index contributed by atoms with van der Waals surface area (Å²) in [5, 5.41) is 14.0. The number of aliphatic hydroxyl groups is 1. The monoisotopic (exact) mass is 553 g/mol. The van der Waals surface area contributed by atoms with E-state index in [1.807, 2.05) is 0 Å². The molecule has 2 aromatic heterocycles. The Labute approximate surface area is 228 Å². The first-order valence-corrected chi connectivity index (χ1v) is 12.8. The highest BCUT2D eigenvalue weighted by Crippen LogP contribution is 2.39. The molecular formula is C27H29F2N7O4. The lowest BCUT2D eigenvalue weighted by atomic mass is 10.2. The highest BCUT2D eigenvalue weighted by Gasteiger charge is 2.24. The number of amides is 1. The number of benzene rings is 2. The molecule has 3 N–H and O–H groups in total. The van der Waals surface area contributed by atoms with Gasteiger partial charge in [0.15, 0.2) is 11.6 Å². The Hall–Kier alpha value is -4.20. The van der Waals surface area contributed by atoms with Gasteiger partial charge in [-0.3, -0.25) is 19.3 Å². The molecule has 5 rings (SSSR count). The molecule has 0 spiro atoms. The van der Waals surface area contributed by atoms with Crippen molar-refractivity contribution in [3.05, 3.63) is 66.8 Å². The Morgan fingerprint density at radius 1 is 1.25 bits per heavy atom. The first-order chi connectivity index (χ1) is 19.4. The number of fused-ring (bicyclic) bond motifs is 1. The van der Waals surface area contributed by atoms with E-state index in [0.29, 0.717) is 42.1 Å². The van der Waals surface area contributed by atoms with Crippen molar-refractivity contribution < 1.29 is 28.2 Å². The Balaban J connectivity index is 1.39. The number of anilines is 3. The second-order valence-corrected chi connectivity index (χ2v) is 9.33. The normalized spacial score (nSPS) is 15.8. The average Bonchev–Trinajstić information content (AvgIpc) is 3.40. The number of hydrogen-bond acceptors (Lipinski definition) is 9. The van der Waals surface area contributed by atoms with E-state index < -0.39 is 17.5 Å². The SMILES string of the molecule is NC(=O)Cn1cc(N(c2cccc(F)c2F)c2ncnc3cc(OCCCN4CCO[C@@H](CO)C4)ccc23)cn1. The summed E-state index contributed by atoms with van der Waals surface area (Å²) in [6, 6.07) is 9.12. The van der Waals surface area contributed by atoms with E-state index in [1.165, 1.54) is 40.4 Å². The number of ether oxygens (including phenoxy) is 2. The first-order valence-electron chi connectivity index (χ1n) is 12.8. The summed E-state index contributed by atoms with van der Waals surface area (Å²) in [7, 11) is 0. The summed E-state index contributed by atoms with van der Waals surface area (Å²) in [6.07, 6.45) is 4.87. The zero-order chi connectivity index (χ0) is 28.1. The number of carbonyl (C=O) groups is 1. The van der Waals surface area contributed by atoms with Crippen LogP contribution in [0, 0.1) is 11.6 Å². The molecule has 1 aliphatic rings. The summed E-state index contributed by atoms with van der Waals surface area (Å²) in [4.78, 5) is 23.8. The minimum Gasteiger partial charge on any atom is -0.493 e. The van der Waals surface area contributed by atoms with Gasteiger partial charge in [-0.15, -0.1) is 0 Å². The van der Waals surface area contributed by atoms with Crippen LogP contribution in [0.2, 0.25) is 0 Å². The maximum absolute atomic E-state index is 15.0. The Morgan fingerprint density at radius 3 is 2.95 bits per heavy atom. The van der Waals surface area contributed by atoms with Gasteiger partial charge in [0.25, 0.3) is 0 Å². The summed E-state index contributed by atoms with van der Waals surface area (Å²) in [5.41, 5.74) is 6.07. The van der Waals surface area contributed by atoms with Crippen molar-refractivity contribution in [2.45, 2.75) is 19.1 Å². The number of morpholine rings is 1. The summed E-state index contributed by atoms with van der Waals surface area (Å²) >= 11 is 0. The van der Waals surface area contributed by atoms with E-state index >= 15 is 4.39 Å². The van der Waals surface area contributed by atoms with Crippen molar-refractivity contribution in [1.82, 2.24) is 24.6 Å². The van der Waals surface area contributed by atoms with E-state index in [9.17, 15) is 14.3 Å². The lowest BCUT2D eigenvalue weighted by Crippen LogP contribution is -2.44. The number of nitrogens with zero attached hydrogens (tertiary/aromatic N) is 6. The minimum absolute atomic E-state index is 0.00688. The second-order valence-electron chi connectivity index (χ2n) is 9.33. The van der Waals surface area contributed by atoms with Crippen LogP contribution in [0.25, 0.3) is 10.9 Å². The van der Waals surface area contributed by atoms with Crippen molar-refractivity contribution in [3.8, 4) is 5.75 Å². The number of aromatic nitrogens is 4. The van der Waals surface area contributed by atoms with Crippen molar-refractivity contribution in [2.75, 3.05) is 44.4 Å². The lowest BCUT2D eigenvalue weighted by Gasteiger charge is -2.31. The second kappa shape index (κ2) is 12.3. The lowest BCUT2D eigenvalue weighted by molar-refractivity contribution is -0.118. The molecule has 0 aliphatic carbocycles. The van der Waals surface area contributed by atoms with Crippen LogP contribution in [0.3, 0.4) is 0 Å². The fourth-order valence-corrected chi connectivity index (χ4v) is 4.62. The van der Waals surface area contributed by atoms with Gasteiger partial charge in [-0.05, 0) is 30.7 Å². The van der Waals surface area contributed by atoms with Gasteiger partial charge in [0, 0.05) is 37.3 Å².